The Morgan fingerprint density at radius 1 is 0.871 bits per heavy atom. The van der Waals surface area contributed by atoms with Gasteiger partial charge in [-0.25, -0.2) is 15.4 Å². The Morgan fingerprint density at radius 2 is 1.61 bits per heavy atom. The maximum atomic E-state index is 10.3. The molecule has 0 amide bonds. The second-order valence-corrected chi connectivity index (χ2v) is 6.61. The van der Waals surface area contributed by atoms with Crippen molar-refractivity contribution in [2.24, 2.45) is 5.10 Å². The summed E-state index contributed by atoms with van der Waals surface area (Å²) in [7, 11) is 1.48. The Bertz CT molecular complexity index is 1230. The first-order valence-electron chi connectivity index (χ1n) is 9.53. The van der Waals surface area contributed by atoms with Gasteiger partial charge in [-0.2, -0.15) is 5.10 Å². The molecule has 3 N–H and O–H groups in total. The van der Waals surface area contributed by atoms with E-state index < -0.39 is 0 Å². The largest absolute Gasteiger partial charge is 0.507 e. The first kappa shape index (κ1) is 19.9. The molecular formula is C24H20N4O3. The molecule has 1 aromatic heterocycles. The summed E-state index contributed by atoms with van der Waals surface area (Å²) in [6.45, 7) is 0. The van der Waals surface area contributed by atoms with Crippen molar-refractivity contribution < 1.29 is 14.9 Å². The number of aromatic nitrogens is 2. The fourth-order valence-electron chi connectivity index (χ4n) is 3.05. The summed E-state index contributed by atoms with van der Waals surface area (Å²) in [6.07, 6.45) is 1.45. The van der Waals surface area contributed by atoms with Crippen LogP contribution in [0.4, 0.5) is 5.95 Å². The number of phenols is 2. The molecule has 154 valence electrons. The van der Waals surface area contributed by atoms with Crippen molar-refractivity contribution in [3.63, 3.8) is 0 Å². The van der Waals surface area contributed by atoms with Gasteiger partial charge in [0.05, 0.1) is 24.7 Å². The maximum Gasteiger partial charge on any atom is 0.244 e. The SMILES string of the molecule is COc1cccc(/C=N\Nc2nc(-c3ccccc3)cc(-c3ccccc3O)n2)c1O. The number of hydrogen-bond acceptors (Lipinski definition) is 7. The van der Waals surface area contributed by atoms with Gasteiger partial charge in [0.25, 0.3) is 0 Å². The molecule has 0 spiro atoms. The minimum atomic E-state index is -0.00981. The molecule has 0 fully saturated rings. The molecule has 0 bridgehead atoms. The molecule has 4 rings (SSSR count). The van der Waals surface area contributed by atoms with Crippen LogP contribution in [0, 0.1) is 0 Å². The van der Waals surface area contributed by atoms with Crippen molar-refractivity contribution in [2.45, 2.75) is 0 Å². The Morgan fingerprint density at radius 3 is 2.39 bits per heavy atom. The van der Waals surface area contributed by atoms with Crippen LogP contribution in [0.3, 0.4) is 0 Å². The van der Waals surface area contributed by atoms with Gasteiger partial charge in [-0.05, 0) is 30.3 Å². The summed E-state index contributed by atoms with van der Waals surface area (Å²) in [6, 6.07) is 23.6. The van der Waals surface area contributed by atoms with Gasteiger partial charge >= 0.3 is 0 Å². The highest BCUT2D eigenvalue weighted by Crippen LogP contribution is 2.31. The lowest BCUT2D eigenvalue weighted by atomic mass is 10.1. The molecule has 0 unspecified atom stereocenters. The third kappa shape index (κ3) is 4.45. The van der Waals surface area contributed by atoms with Gasteiger partial charge in [-0.1, -0.05) is 48.5 Å². The van der Waals surface area contributed by atoms with Crippen molar-refractivity contribution in [2.75, 3.05) is 12.5 Å². The highest BCUT2D eigenvalue weighted by atomic mass is 16.5. The molecule has 0 aliphatic carbocycles. The van der Waals surface area contributed by atoms with Crippen LogP contribution in [-0.2, 0) is 0 Å². The molecule has 7 heteroatoms. The lowest BCUT2D eigenvalue weighted by Crippen LogP contribution is -2.00. The van der Waals surface area contributed by atoms with Crippen molar-refractivity contribution in [1.29, 1.82) is 0 Å². The van der Waals surface area contributed by atoms with E-state index >= 15 is 0 Å². The zero-order chi connectivity index (χ0) is 21.6. The van der Waals surface area contributed by atoms with E-state index in [1.54, 1.807) is 36.4 Å². The van der Waals surface area contributed by atoms with E-state index in [-0.39, 0.29) is 17.4 Å². The van der Waals surface area contributed by atoms with E-state index in [4.69, 9.17) is 4.74 Å². The predicted molar refractivity (Wildman–Crippen MR) is 120 cm³/mol. The molecule has 31 heavy (non-hydrogen) atoms. The molecular weight excluding hydrogens is 392 g/mol. The molecule has 0 saturated heterocycles. The molecule has 3 aromatic carbocycles. The lowest BCUT2D eigenvalue weighted by Gasteiger charge is -2.09. The Labute approximate surface area is 179 Å². The molecule has 0 saturated carbocycles. The Kier molecular flexibility index (Phi) is 5.75. The zero-order valence-corrected chi connectivity index (χ0v) is 16.7. The molecule has 0 radical (unpaired) electrons. The third-order valence-electron chi connectivity index (χ3n) is 4.59. The van der Waals surface area contributed by atoms with Gasteiger partial charge in [0.15, 0.2) is 11.5 Å². The van der Waals surface area contributed by atoms with Gasteiger partial charge in [0, 0.05) is 16.7 Å². The van der Waals surface area contributed by atoms with Crippen LogP contribution in [0.15, 0.2) is 84.0 Å². The first-order valence-corrected chi connectivity index (χ1v) is 9.53. The van der Waals surface area contributed by atoms with Crippen molar-refractivity contribution in [3.8, 4) is 39.8 Å². The summed E-state index contributed by atoms with van der Waals surface area (Å²) >= 11 is 0. The predicted octanol–water partition coefficient (Wildman–Crippen LogP) is 4.68. The second-order valence-electron chi connectivity index (χ2n) is 6.61. The number of para-hydroxylation sites is 2. The summed E-state index contributed by atoms with van der Waals surface area (Å²) in [5.74, 6) is 0.715. The van der Waals surface area contributed by atoms with E-state index in [9.17, 15) is 10.2 Å². The number of benzene rings is 3. The van der Waals surface area contributed by atoms with Crippen LogP contribution in [0.1, 0.15) is 5.56 Å². The quantitative estimate of drug-likeness (QED) is 0.314. The minimum Gasteiger partial charge on any atom is -0.507 e. The molecule has 7 nitrogen and oxygen atoms in total. The Hall–Kier alpha value is -4.39. The highest BCUT2D eigenvalue weighted by Gasteiger charge is 2.11. The van der Waals surface area contributed by atoms with Crippen molar-refractivity contribution in [1.82, 2.24) is 9.97 Å². The lowest BCUT2D eigenvalue weighted by molar-refractivity contribution is 0.373. The van der Waals surface area contributed by atoms with Crippen LogP contribution >= 0.6 is 0 Å². The average Bonchev–Trinajstić information content (AvgIpc) is 2.81. The molecule has 4 aromatic rings. The molecule has 0 aliphatic rings. The number of nitrogens with zero attached hydrogens (tertiary/aromatic N) is 3. The smallest absolute Gasteiger partial charge is 0.244 e. The summed E-state index contributed by atoms with van der Waals surface area (Å²) in [4.78, 5) is 9.04. The third-order valence-corrected chi connectivity index (χ3v) is 4.59. The van der Waals surface area contributed by atoms with E-state index in [2.05, 4.69) is 20.5 Å². The fourth-order valence-corrected chi connectivity index (χ4v) is 3.05. The van der Waals surface area contributed by atoms with Gasteiger partial charge < -0.3 is 14.9 Å². The summed E-state index contributed by atoms with van der Waals surface area (Å²) in [5.41, 5.74) is 6.00. The van der Waals surface area contributed by atoms with Crippen molar-refractivity contribution in [3.05, 3.63) is 84.4 Å². The zero-order valence-electron chi connectivity index (χ0n) is 16.7. The van der Waals surface area contributed by atoms with E-state index in [1.165, 1.54) is 13.3 Å². The van der Waals surface area contributed by atoms with Gasteiger partial charge in [-0.3, -0.25) is 0 Å². The number of nitrogens with one attached hydrogen (secondary N) is 1. The van der Waals surface area contributed by atoms with Crippen LogP contribution in [-0.4, -0.2) is 33.5 Å². The number of hydrogen-bond donors (Lipinski definition) is 3. The minimum absolute atomic E-state index is 0.00981. The average molecular weight is 412 g/mol. The van der Waals surface area contributed by atoms with Crippen LogP contribution in [0.25, 0.3) is 22.5 Å². The van der Waals surface area contributed by atoms with Crippen LogP contribution in [0.5, 0.6) is 17.2 Å². The van der Waals surface area contributed by atoms with E-state index in [0.717, 1.165) is 5.56 Å². The van der Waals surface area contributed by atoms with E-state index in [0.29, 0.717) is 28.3 Å². The first-order chi connectivity index (χ1) is 15.2. The molecule has 0 aliphatic heterocycles. The number of phenolic OH excluding ortho intramolecular Hbond substituents is 2. The summed E-state index contributed by atoms with van der Waals surface area (Å²) in [5, 5.41) is 24.6. The van der Waals surface area contributed by atoms with Gasteiger partial charge in [0.1, 0.15) is 5.75 Å². The standard InChI is InChI=1S/C24H20N4O3/c1-31-22-13-7-10-17(23(22)30)15-25-28-24-26-19(16-8-3-2-4-9-16)14-20(27-24)18-11-5-6-12-21(18)29/h2-15,29-30H,1H3,(H,26,27,28)/b25-15-. The van der Waals surface area contributed by atoms with Crippen molar-refractivity contribution >= 4 is 12.2 Å². The highest BCUT2D eigenvalue weighted by molar-refractivity contribution is 5.85. The van der Waals surface area contributed by atoms with Gasteiger partial charge in [-0.15, -0.1) is 0 Å². The topological polar surface area (TPSA) is 99.9 Å². The number of methoxy groups -OCH3 is 1. The van der Waals surface area contributed by atoms with Gasteiger partial charge in [0.2, 0.25) is 5.95 Å². The maximum absolute atomic E-state index is 10.3. The number of ether oxygens (including phenoxy) is 1. The monoisotopic (exact) mass is 412 g/mol. The molecule has 1 heterocycles. The number of rotatable bonds is 6. The summed E-state index contributed by atoms with van der Waals surface area (Å²) < 4.78 is 5.11. The second kappa shape index (κ2) is 8.96. The fraction of sp³-hybridized carbons (Fsp3) is 0.0417. The molecule has 0 atom stereocenters. The Balaban J connectivity index is 1.70. The number of aromatic hydroxyl groups is 2. The number of anilines is 1. The van der Waals surface area contributed by atoms with E-state index in [1.807, 2.05) is 42.5 Å². The number of hydrazone groups is 1. The van der Waals surface area contributed by atoms with Crippen LogP contribution in [0.2, 0.25) is 0 Å². The normalized spacial score (nSPS) is 10.9. The van der Waals surface area contributed by atoms with Crippen LogP contribution < -0.4 is 10.2 Å².